The second-order valence-corrected chi connectivity index (χ2v) is 7.16. The molecular formula is C15H23N5S. The van der Waals surface area contributed by atoms with Gasteiger partial charge in [0.25, 0.3) is 0 Å². The molecule has 1 fully saturated rings. The first-order chi connectivity index (χ1) is 10.2. The van der Waals surface area contributed by atoms with Crippen molar-refractivity contribution in [1.29, 1.82) is 0 Å². The molecule has 0 unspecified atom stereocenters. The highest BCUT2D eigenvalue weighted by molar-refractivity contribution is 7.99. The van der Waals surface area contributed by atoms with Crippen molar-refractivity contribution in [2.75, 3.05) is 44.9 Å². The Morgan fingerprint density at radius 1 is 1.29 bits per heavy atom. The van der Waals surface area contributed by atoms with Gasteiger partial charge in [-0.05, 0) is 32.7 Å². The van der Waals surface area contributed by atoms with E-state index in [1.807, 2.05) is 30.4 Å². The van der Waals surface area contributed by atoms with Gasteiger partial charge in [0.2, 0.25) is 0 Å². The lowest BCUT2D eigenvalue weighted by Gasteiger charge is -2.21. The molecule has 1 saturated heterocycles. The monoisotopic (exact) mass is 305 g/mol. The topological polar surface area (TPSA) is 36.7 Å². The largest absolute Gasteiger partial charge is 0.355 e. The van der Waals surface area contributed by atoms with Crippen LogP contribution < -0.4 is 4.90 Å². The van der Waals surface area contributed by atoms with Crippen LogP contribution >= 0.6 is 11.8 Å². The Bertz CT molecular complexity index is 603. The SMILES string of the molecule is CN(C)CCN(C)c1nccn2c([C@@H]3CCCS3)cnc12. The van der Waals surface area contributed by atoms with Crippen LogP contribution in [0.5, 0.6) is 0 Å². The summed E-state index contributed by atoms with van der Waals surface area (Å²) in [6, 6.07) is 0. The van der Waals surface area contributed by atoms with Crippen molar-refractivity contribution in [2.45, 2.75) is 18.1 Å². The molecule has 114 valence electrons. The van der Waals surface area contributed by atoms with E-state index in [9.17, 15) is 0 Å². The molecule has 0 N–H and O–H groups in total. The number of aromatic nitrogens is 3. The molecule has 2 aromatic rings. The van der Waals surface area contributed by atoms with E-state index in [0.29, 0.717) is 5.25 Å². The molecule has 0 radical (unpaired) electrons. The second-order valence-electron chi connectivity index (χ2n) is 5.85. The van der Waals surface area contributed by atoms with Gasteiger partial charge in [0.1, 0.15) is 0 Å². The molecular weight excluding hydrogens is 282 g/mol. The average molecular weight is 305 g/mol. The summed E-state index contributed by atoms with van der Waals surface area (Å²) in [5, 5.41) is 0.585. The number of imidazole rings is 1. The molecule has 3 rings (SSSR count). The molecule has 0 aliphatic carbocycles. The molecule has 1 atom stereocenters. The summed E-state index contributed by atoms with van der Waals surface area (Å²) in [5.41, 5.74) is 2.29. The molecule has 0 aromatic carbocycles. The Labute approximate surface area is 130 Å². The summed E-state index contributed by atoms with van der Waals surface area (Å²) < 4.78 is 2.22. The van der Waals surface area contributed by atoms with Gasteiger partial charge in [-0.3, -0.25) is 4.40 Å². The molecule has 0 amide bonds. The third kappa shape index (κ3) is 3.01. The van der Waals surface area contributed by atoms with Gasteiger partial charge in [0.05, 0.1) is 11.9 Å². The van der Waals surface area contributed by atoms with Crippen molar-refractivity contribution in [1.82, 2.24) is 19.3 Å². The van der Waals surface area contributed by atoms with Crippen molar-refractivity contribution < 1.29 is 0 Å². The third-order valence-corrected chi connectivity index (χ3v) is 5.35. The lowest BCUT2D eigenvalue weighted by Crippen LogP contribution is -2.29. The summed E-state index contributed by atoms with van der Waals surface area (Å²) >= 11 is 2.04. The maximum Gasteiger partial charge on any atom is 0.180 e. The predicted molar refractivity (Wildman–Crippen MR) is 89.2 cm³/mol. The molecule has 6 heteroatoms. The molecule has 2 aromatic heterocycles. The number of likely N-dealkylation sites (N-methyl/N-ethyl adjacent to an activating group) is 2. The highest BCUT2D eigenvalue weighted by Gasteiger charge is 2.22. The highest BCUT2D eigenvalue weighted by atomic mass is 32.2. The van der Waals surface area contributed by atoms with E-state index in [1.165, 1.54) is 24.3 Å². The van der Waals surface area contributed by atoms with Gasteiger partial charge in [-0.1, -0.05) is 0 Å². The minimum absolute atomic E-state index is 0.585. The van der Waals surface area contributed by atoms with Crippen molar-refractivity contribution in [3.05, 3.63) is 24.3 Å². The number of nitrogens with zero attached hydrogens (tertiary/aromatic N) is 5. The smallest absolute Gasteiger partial charge is 0.180 e. The van der Waals surface area contributed by atoms with Gasteiger partial charge < -0.3 is 9.80 Å². The zero-order chi connectivity index (χ0) is 14.8. The van der Waals surface area contributed by atoms with E-state index in [-0.39, 0.29) is 0 Å². The van der Waals surface area contributed by atoms with E-state index in [0.717, 1.165) is 24.6 Å². The van der Waals surface area contributed by atoms with Crippen LogP contribution in [0.3, 0.4) is 0 Å². The highest BCUT2D eigenvalue weighted by Crippen LogP contribution is 2.40. The van der Waals surface area contributed by atoms with E-state index in [2.05, 4.69) is 45.3 Å². The number of thioether (sulfide) groups is 1. The van der Waals surface area contributed by atoms with Crippen LogP contribution in [-0.4, -0.2) is 59.3 Å². The van der Waals surface area contributed by atoms with Crippen LogP contribution in [0.4, 0.5) is 5.82 Å². The van der Waals surface area contributed by atoms with Crippen molar-refractivity contribution in [3.63, 3.8) is 0 Å². The van der Waals surface area contributed by atoms with E-state index in [1.54, 1.807) is 0 Å². The molecule has 21 heavy (non-hydrogen) atoms. The first-order valence-electron chi connectivity index (χ1n) is 7.46. The van der Waals surface area contributed by atoms with Crippen molar-refractivity contribution in [2.24, 2.45) is 0 Å². The minimum atomic E-state index is 0.585. The summed E-state index contributed by atoms with van der Waals surface area (Å²) in [6.45, 7) is 1.95. The molecule has 3 heterocycles. The molecule has 0 bridgehead atoms. The number of hydrogen-bond acceptors (Lipinski definition) is 5. The lowest BCUT2D eigenvalue weighted by atomic mass is 10.2. The van der Waals surface area contributed by atoms with Crippen LogP contribution in [-0.2, 0) is 0 Å². The molecule has 0 spiro atoms. The normalized spacial score (nSPS) is 18.8. The van der Waals surface area contributed by atoms with Gasteiger partial charge in [-0.2, -0.15) is 11.8 Å². The van der Waals surface area contributed by atoms with Crippen LogP contribution in [0.2, 0.25) is 0 Å². The summed E-state index contributed by atoms with van der Waals surface area (Å²) in [6.07, 6.45) is 8.53. The minimum Gasteiger partial charge on any atom is -0.355 e. The maximum absolute atomic E-state index is 4.64. The Hall–Kier alpha value is -1.27. The van der Waals surface area contributed by atoms with Crippen molar-refractivity contribution >= 4 is 23.2 Å². The fourth-order valence-electron chi connectivity index (χ4n) is 2.70. The quantitative estimate of drug-likeness (QED) is 0.847. The van der Waals surface area contributed by atoms with E-state index < -0.39 is 0 Å². The van der Waals surface area contributed by atoms with E-state index >= 15 is 0 Å². The van der Waals surface area contributed by atoms with Gasteiger partial charge in [-0.15, -0.1) is 0 Å². The van der Waals surface area contributed by atoms with Gasteiger partial charge in [-0.25, -0.2) is 9.97 Å². The molecule has 1 aliphatic rings. The third-order valence-electron chi connectivity index (χ3n) is 3.94. The fourth-order valence-corrected chi connectivity index (χ4v) is 4.00. The fraction of sp³-hybridized carbons (Fsp3) is 0.600. The summed E-state index contributed by atoms with van der Waals surface area (Å²) in [7, 11) is 6.27. The van der Waals surface area contributed by atoms with Crippen molar-refractivity contribution in [3.8, 4) is 0 Å². The van der Waals surface area contributed by atoms with Gasteiger partial charge in [0, 0.05) is 37.8 Å². The van der Waals surface area contributed by atoms with Gasteiger partial charge in [0.15, 0.2) is 11.5 Å². The molecule has 1 aliphatic heterocycles. The maximum atomic E-state index is 4.64. The summed E-state index contributed by atoms with van der Waals surface area (Å²) in [4.78, 5) is 13.6. The Kier molecular flexibility index (Phi) is 4.35. The zero-order valence-electron chi connectivity index (χ0n) is 13.0. The van der Waals surface area contributed by atoms with Crippen LogP contribution in [0.1, 0.15) is 23.8 Å². The predicted octanol–water partition coefficient (Wildman–Crippen LogP) is 2.30. The Balaban J connectivity index is 1.89. The molecule has 5 nitrogen and oxygen atoms in total. The number of rotatable bonds is 5. The van der Waals surface area contributed by atoms with E-state index in [4.69, 9.17) is 0 Å². The van der Waals surface area contributed by atoms with Crippen LogP contribution in [0.15, 0.2) is 18.6 Å². The van der Waals surface area contributed by atoms with Crippen LogP contribution in [0.25, 0.3) is 5.65 Å². The standard InChI is InChI=1S/C15H23N5S/c1-18(2)8-9-19(3)14-15-17-11-12(13-5-4-10-21-13)20(15)7-6-16-14/h6-7,11,13H,4-5,8-10H2,1-3H3/t13-/m0/s1. The van der Waals surface area contributed by atoms with Gasteiger partial charge >= 0.3 is 0 Å². The lowest BCUT2D eigenvalue weighted by molar-refractivity contribution is 0.416. The second kappa shape index (κ2) is 6.23. The number of anilines is 1. The molecule has 0 saturated carbocycles. The number of hydrogen-bond donors (Lipinski definition) is 0. The first-order valence-corrected chi connectivity index (χ1v) is 8.51. The Morgan fingerprint density at radius 2 is 2.14 bits per heavy atom. The van der Waals surface area contributed by atoms with Crippen LogP contribution in [0, 0.1) is 0 Å². The first kappa shape index (κ1) is 14.7. The number of fused-ring (bicyclic) bond motifs is 1. The average Bonchev–Trinajstić information content (AvgIpc) is 3.12. The summed E-state index contributed by atoms with van der Waals surface area (Å²) in [5.74, 6) is 2.23. The Morgan fingerprint density at radius 3 is 2.86 bits per heavy atom. The zero-order valence-corrected chi connectivity index (χ0v) is 13.8.